The number of nitrogens with zero attached hydrogens (tertiary/aromatic N) is 3. The van der Waals surface area contributed by atoms with Crippen LogP contribution in [0.15, 0.2) is 43.3 Å². The molecule has 4 rings (SSSR count). The van der Waals surface area contributed by atoms with Crippen molar-refractivity contribution in [1.82, 2.24) is 19.0 Å². The topological polar surface area (TPSA) is 116 Å². The number of hydrogen-bond donors (Lipinski definition) is 1. The molecule has 1 N–H and O–H groups in total. The molecule has 0 bridgehead atoms. The first-order chi connectivity index (χ1) is 13.1. The maximum atomic E-state index is 12.7. The average Bonchev–Trinajstić information content (AvgIpc) is 3.20. The Morgan fingerprint density at radius 3 is 2.57 bits per heavy atom. The van der Waals surface area contributed by atoms with Gasteiger partial charge in [0.1, 0.15) is 11.5 Å². The summed E-state index contributed by atoms with van der Waals surface area (Å²) in [6, 6.07) is 5.90. The fourth-order valence-electron chi connectivity index (χ4n) is 3.12. The third-order valence-corrected chi connectivity index (χ3v) is 6.64. The molecule has 1 aromatic carbocycles. The van der Waals surface area contributed by atoms with E-state index in [4.69, 9.17) is 4.52 Å². The van der Waals surface area contributed by atoms with Crippen LogP contribution in [0.25, 0.3) is 10.9 Å². The van der Waals surface area contributed by atoms with Gasteiger partial charge in [-0.25, -0.2) is 17.9 Å². The second-order valence-corrected chi connectivity index (χ2v) is 9.19. The maximum absolute atomic E-state index is 12.7. The number of fused-ring (bicyclic) bond motifs is 1. The van der Waals surface area contributed by atoms with Gasteiger partial charge in [0.15, 0.2) is 0 Å². The lowest BCUT2D eigenvalue weighted by molar-refractivity contribution is 0.388. The number of nitrogens with one attached hydrogen (secondary N) is 1. The van der Waals surface area contributed by atoms with E-state index in [-0.39, 0.29) is 16.8 Å². The quantitative estimate of drug-likeness (QED) is 0.675. The Labute approximate surface area is 160 Å². The van der Waals surface area contributed by atoms with E-state index in [1.807, 2.05) is 6.92 Å². The minimum Gasteiger partial charge on any atom is -0.361 e. The van der Waals surface area contributed by atoms with E-state index in [2.05, 4.69) is 9.88 Å². The molecule has 9 nitrogen and oxygen atoms in total. The van der Waals surface area contributed by atoms with Crippen LogP contribution in [0.2, 0.25) is 0 Å². The SMILES string of the molecule is Cc1cc(Cn2c(=O)n(C)c(=O)c3cc(S(=O)(=O)NC4(C)CC4)ccc32)no1. The van der Waals surface area contributed by atoms with Crippen LogP contribution in [0, 0.1) is 6.92 Å². The van der Waals surface area contributed by atoms with Crippen LogP contribution in [0.3, 0.4) is 0 Å². The molecule has 2 aromatic heterocycles. The van der Waals surface area contributed by atoms with Crippen molar-refractivity contribution in [3.63, 3.8) is 0 Å². The summed E-state index contributed by atoms with van der Waals surface area (Å²) in [5.41, 5.74) is -0.632. The lowest BCUT2D eigenvalue weighted by Gasteiger charge is -2.14. The molecular weight excluding hydrogens is 384 g/mol. The molecule has 0 unspecified atom stereocenters. The molecule has 0 amide bonds. The molecule has 1 saturated carbocycles. The zero-order valence-electron chi connectivity index (χ0n) is 15.7. The molecule has 0 radical (unpaired) electrons. The Morgan fingerprint density at radius 1 is 1.25 bits per heavy atom. The molecular formula is C18H20N4O5S. The number of rotatable bonds is 5. The number of aryl methyl sites for hydroxylation is 1. The minimum absolute atomic E-state index is 0.00676. The number of sulfonamides is 1. The van der Waals surface area contributed by atoms with Crippen LogP contribution in [-0.4, -0.2) is 28.2 Å². The Balaban J connectivity index is 1.87. The number of hydrogen-bond acceptors (Lipinski definition) is 6. The average molecular weight is 404 g/mol. The molecule has 1 aliphatic rings. The molecule has 0 aliphatic heterocycles. The van der Waals surface area contributed by atoms with E-state index >= 15 is 0 Å². The number of benzene rings is 1. The van der Waals surface area contributed by atoms with Gasteiger partial charge >= 0.3 is 5.69 Å². The highest BCUT2D eigenvalue weighted by atomic mass is 32.2. The third kappa shape index (κ3) is 3.18. The molecule has 1 fully saturated rings. The second-order valence-electron chi connectivity index (χ2n) is 7.51. The Morgan fingerprint density at radius 2 is 1.96 bits per heavy atom. The van der Waals surface area contributed by atoms with Gasteiger partial charge in [-0.1, -0.05) is 5.16 Å². The summed E-state index contributed by atoms with van der Waals surface area (Å²) in [6.45, 7) is 3.67. The van der Waals surface area contributed by atoms with Crippen molar-refractivity contribution in [3.05, 3.63) is 56.6 Å². The molecule has 10 heteroatoms. The van der Waals surface area contributed by atoms with Gasteiger partial charge in [-0.3, -0.25) is 13.9 Å². The van der Waals surface area contributed by atoms with Crippen molar-refractivity contribution in [2.45, 2.75) is 43.7 Å². The summed E-state index contributed by atoms with van der Waals surface area (Å²) < 4.78 is 35.4. The van der Waals surface area contributed by atoms with E-state index in [0.717, 1.165) is 17.4 Å². The van der Waals surface area contributed by atoms with Crippen LogP contribution in [0.5, 0.6) is 0 Å². The Hall–Kier alpha value is -2.72. The fourth-order valence-corrected chi connectivity index (χ4v) is 4.61. The van der Waals surface area contributed by atoms with Gasteiger partial charge in [-0.15, -0.1) is 0 Å². The van der Waals surface area contributed by atoms with Crippen molar-refractivity contribution in [2.24, 2.45) is 7.05 Å². The van der Waals surface area contributed by atoms with Gasteiger partial charge in [0, 0.05) is 18.7 Å². The van der Waals surface area contributed by atoms with E-state index in [9.17, 15) is 18.0 Å². The molecule has 0 saturated heterocycles. The second kappa shape index (κ2) is 6.14. The summed E-state index contributed by atoms with van der Waals surface area (Å²) in [7, 11) is -2.41. The first kappa shape index (κ1) is 18.6. The molecule has 0 spiro atoms. The van der Waals surface area contributed by atoms with Crippen molar-refractivity contribution in [1.29, 1.82) is 0 Å². The monoisotopic (exact) mass is 404 g/mol. The van der Waals surface area contributed by atoms with Gasteiger partial charge < -0.3 is 4.52 Å². The lowest BCUT2D eigenvalue weighted by atomic mass is 10.2. The summed E-state index contributed by atoms with van der Waals surface area (Å²) in [5, 5.41) is 4.03. The molecule has 148 valence electrons. The van der Waals surface area contributed by atoms with E-state index in [0.29, 0.717) is 17.0 Å². The van der Waals surface area contributed by atoms with Gasteiger partial charge in [0.05, 0.1) is 22.3 Å². The van der Waals surface area contributed by atoms with Crippen LogP contribution in [0.4, 0.5) is 0 Å². The van der Waals surface area contributed by atoms with Crippen LogP contribution >= 0.6 is 0 Å². The first-order valence-electron chi connectivity index (χ1n) is 8.79. The van der Waals surface area contributed by atoms with Gasteiger partial charge in [0.2, 0.25) is 10.0 Å². The Kier molecular flexibility index (Phi) is 4.09. The summed E-state index contributed by atoms with van der Waals surface area (Å²) in [6.07, 6.45) is 1.55. The largest absolute Gasteiger partial charge is 0.361 e. The van der Waals surface area contributed by atoms with Crippen LogP contribution in [0.1, 0.15) is 31.2 Å². The minimum atomic E-state index is -3.77. The first-order valence-corrected chi connectivity index (χ1v) is 10.3. The van der Waals surface area contributed by atoms with Crippen LogP contribution < -0.4 is 16.0 Å². The number of aromatic nitrogens is 3. The summed E-state index contributed by atoms with van der Waals surface area (Å²) in [4.78, 5) is 25.3. The normalized spacial score (nSPS) is 15.8. The summed E-state index contributed by atoms with van der Waals surface area (Å²) >= 11 is 0. The zero-order chi connectivity index (χ0) is 20.3. The van der Waals surface area contributed by atoms with Crippen molar-refractivity contribution < 1.29 is 12.9 Å². The van der Waals surface area contributed by atoms with Crippen molar-refractivity contribution in [3.8, 4) is 0 Å². The van der Waals surface area contributed by atoms with E-state index in [1.165, 1.54) is 29.8 Å². The molecule has 1 aliphatic carbocycles. The standard InChI is InChI=1S/C18H20N4O5S/c1-11-8-12(19-27-11)10-22-15-5-4-13(28(25,26)20-18(2)6-7-18)9-14(15)16(23)21(3)17(22)24/h4-5,8-9,20H,6-7,10H2,1-3H3. The van der Waals surface area contributed by atoms with Crippen molar-refractivity contribution in [2.75, 3.05) is 0 Å². The lowest BCUT2D eigenvalue weighted by Crippen LogP contribution is -2.38. The third-order valence-electron chi connectivity index (χ3n) is 5.00. The smallest absolute Gasteiger partial charge is 0.331 e. The van der Waals surface area contributed by atoms with Gasteiger partial charge in [-0.2, -0.15) is 0 Å². The van der Waals surface area contributed by atoms with Crippen molar-refractivity contribution >= 4 is 20.9 Å². The Bertz CT molecular complexity index is 1310. The maximum Gasteiger partial charge on any atom is 0.331 e. The molecule has 2 heterocycles. The molecule has 28 heavy (non-hydrogen) atoms. The van der Waals surface area contributed by atoms with E-state index in [1.54, 1.807) is 13.0 Å². The fraction of sp³-hybridized carbons (Fsp3) is 0.389. The highest BCUT2D eigenvalue weighted by Gasteiger charge is 2.41. The van der Waals surface area contributed by atoms with Gasteiger partial charge in [-0.05, 0) is 44.9 Å². The highest BCUT2D eigenvalue weighted by Crippen LogP contribution is 2.36. The highest BCUT2D eigenvalue weighted by molar-refractivity contribution is 7.89. The van der Waals surface area contributed by atoms with Gasteiger partial charge in [0.25, 0.3) is 5.56 Å². The van der Waals surface area contributed by atoms with Crippen LogP contribution in [-0.2, 0) is 23.6 Å². The molecule has 0 atom stereocenters. The zero-order valence-corrected chi connectivity index (χ0v) is 16.5. The summed E-state index contributed by atoms with van der Waals surface area (Å²) in [5.74, 6) is 0.602. The molecule has 3 aromatic rings. The van der Waals surface area contributed by atoms with E-state index < -0.39 is 26.8 Å². The predicted molar refractivity (Wildman–Crippen MR) is 102 cm³/mol. The predicted octanol–water partition coefficient (Wildman–Crippen LogP) is 0.876.